The molecule has 1 unspecified atom stereocenters. The molecule has 1 atom stereocenters. The van der Waals surface area contributed by atoms with Crippen LogP contribution in [0.3, 0.4) is 0 Å². The molecule has 2 aromatic heterocycles. The lowest BCUT2D eigenvalue weighted by atomic mass is 10.2. The third kappa shape index (κ3) is 2.68. The Morgan fingerprint density at radius 3 is 3.06 bits per heavy atom. The Morgan fingerprint density at radius 2 is 2.44 bits per heavy atom. The molecule has 5 heteroatoms. The molecule has 0 aliphatic carbocycles. The summed E-state index contributed by atoms with van der Waals surface area (Å²) in [6, 6.07) is 2.56. The smallest absolute Gasteiger partial charge is 0.133 e. The molecule has 0 bridgehead atoms. The van der Waals surface area contributed by atoms with Crippen LogP contribution in [-0.2, 0) is 13.5 Å². The van der Waals surface area contributed by atoms with Gasteiger partial charge in [0.2, 0.25) is 0 Å². The number of aryl methyl sites for hydroxylation is 1. The summed E-state index contributed by atoms with van der Waals surface area (Å²) >= 11 is 1.74. The van der Waals surface area contributed by atoms with Gasteiger partial charge in [0.25, 0.3) is 0 Å². The Kier molecular flexibility index (Phi) is 3.69. The van der Waals surface area contributed by atoms with Crippen molar-refractivity contribution in [1.29, 1.82) is 0 Å². The molecule has 16 heavy (non-hydrogen) atoms. The Balaban J connectivity index is 1.78. The minimum absolute atomic E-state index is 0.402. The van der Waals surface area contributed by atoms with E-state index in [1.54, 1.807) is 17.7 Å². The third-order valence-electron chi connectivity index (χ3n) is 2.65. The van der Waals surface area contributed by atoms with Crippen molar-refractivity contribution < 1.29 is 0 Å². The van der Waals surface area contributed by atoms with Gasteiger partial charge in [-0.2, -0.15) is 11.3 Å². The van der Waals surface area contributed by atoms with Crippen molar-refractivity contribution in [2.75, 3.05) is 6.54 Å². The van der Waals surface area contributed by atoms with E-state index in [1.807, 2.05) is 11.6 Å². The highest BCUT2D eigenvalue weighted by atomic mass is 32.1. The largest absolute Gasteiger partial charge is 0.321 e. The van der Waals surface area contributed by atoms with E-state index in [0.717, 1.165) is 18.8 Å². The van der Waals surface area contributed by atoms with Crippen molar-refractivity contribution in [1.82, 2.24) is 20.1 Å². The number of hydrogen-bond donors (Lipinski definition) is 1. The predicted octanol–water partition coefficient (Wildman–Crippen LogP) is 1.77. The molecule has 86 valence electrons. The van der Waals surface area contributed by atoms with Gasteiger partial charge in [0, 0.05) is 26.1 Å². The number of thiophene rings is 1. The van der Waals surface area contributed by atoms with Crippen LogP contribution in [0.4, 0.5) is 0 Å². The quantitative estimate of drug-likeness (QED) is 0.860. The summed E-state index contributed by atoms with van der Waals surface area (Å²) in [4.78, 5) is 0. The zero-order valence-electron chi connectivity index (χ0n) is 9.55. The third-order valence-corrected chi connectivity index (χ3v) is 3.35. The molecule has 0 aliphatic rings. The monoisotopic (exact) mass is 236 g/mol. The van der Waals surface area contributed by atoms with Gasteiger partial charge in [-0.25, -0.2) is 0 Å². The average Bonchev–Trinajstić information content (AvgIpc) is 2.90. The minimum atomic E-state index is 0.402. The van der Waals surface area contributed by atoms with Crippen LogP contribution in [0.5, 0.6) is 0 Å². The van der Waals surface area contributed by atoms with Crippen LogP contribution in [-0.4, -0.2) is 21.3 Å². The van der Waals surface area contributed by atoms with Crippen LogP contribution >= 0.6 is 11.3 Å². The topological polar surface area (TPSA) is 42.7 Å². The Labute approximate surface area is 99.3 Å². The lowest BCUT2D eigenvalue weighted by molar-refractivity contribution is 0.566. The molecule has 0 fully saturated rings. The molecule has 2 heterocycles. The van der Waals surface area contributed by atoms with Crippen LogP contribution in [0.15, 0.2) is 23.2 Å². The van der Waals surface area contributed by atoms with Crippen molar-refractivity contribution in [3.05, 3.63) is 34.5 Å². The first-order valence-corrected chi connectivity index (χ1v) is 6.30. The summed E-state index contributed by atoms with van der Waals surface area (Å²) < 4.78 is 1.96. The van der Waals surface area contributed by atoms with E-state index < -0.39 is 0 Å². The molecule has 2 rings (SSSR count). The second-order valence-corrected chi connectivity index (χ2v) is 4.62. The van der Waals surface area contributed by atoms with Crippen molar-refractivity contribution >= 4 is 11.3 Å². The summed E-state index contributed by atoms with van der Waals surface area (Å²) in [5.74, 6) is 1.02. The fourth-order valence-corrected chi connectivity index (χ4v) is 2.33. The summed E-state index contributed by atoms with van der Waals surface area (Å²) in [6.07, 6.45) is 2.64. The van der Waals surface area contributed by atoms with Gasteiger partial charge in [-0.05, 0) is 29.3 Å². The molecule has 0 aromatic carbocycles. The van der Waals surface area contributed by atoms with Crippen LogP contribution in [0.2, 0.25) is 0 Å². The fraction of sp³-hybridized carbons (Fsp3) is 0.455. The van der Waals surface area contributed by atoms with Crippen molar-refractivity contribution in [3.8, 4) is 0 Å². The number of hydrogen-bond acceptors (Lipinski definition) is 4. The summed E-state index contributed by atoms with van der Waals surface area (Å²) in [5, 5.41) is 15.7. The van der Waals surface area contributed by atoms with Gasteiger partial charge in [-0.1, -0.05) is 0 Å². The first-order valence-electron chi connectivity index (χ1n) is 5.35. The zero-order chi connectivity index (χ0) is 11.4. The van der Waals surface area contributed by atoms with Crippen LogP contribution < -0.4 is 5.32 Å². The van der Waals surface area contributed by atoms with E-state index in [-0.39, 0.29) is 0 Å². The van der Waals surface area contributed by atoms with Gasteiger partial charge in [0.1, 0.15) is 12.2 Å². The SMILES string of the molecule is CC(NCCc1nncn1C)c1ccsc1. The predicted molar refractivity (Wildman–Crippen MR) is 65.4 cm³/mol. The lowest BCUT2D eigenvalue weighted by Gasteiger charge is -2.11. The summed E-state index contributed by atoms with van der Waals surface area (Å²) in [6.45, 7) is 3.10. The van der Waals surface area contributed by atoms with Crippen LogP contribution in [0.25, 0.3) is 0 Å². The molecule has 0 saturated heterocycles. The molecule has 0 spiro atoms. The molecule has 0 radical (unpaired) electrons. The second-order valence-electron chi connectivity index (χ2n) is 3.84. The number of nitrogens with one attached hydrogen (secondary N) is 1. The molecule has 0 aliphatic heterocycles. The highest BCUT2D eigenvalue weighted by molar-refractivity contribution is 7.07. The van der Waals surface area contributed by atoms with E-state index in [9.17, 15) is 0 Å². The summed E-state index contributed by atoms with van der Waals surface area (Å²) in [5.41, 5.74) is 1.35. The number of aromatic nitrogens is 3. The Hall–Kier alpha value is -1.20. The van der Waals surface area contributed by atoms with E-state index in [2.05, 4.69) is 39.3 Å². The molecular weight excluding hydrogens is 220 g/mol. The fourth-order valence-electron chi connectivity index (χ4n) is 1.57. The number of rotatable bonds is 5. The zero-order valence-corrected chi connectivity index (χ0v) is 10.4. The van der Waals surface area contributed by atoms with Crippen molar-refractivity contribution in [2.24, 2.45) is 7.05 Å². The highest BCUT2D eigenvalue weighted by Gasteiger charge is 2.05. The van der Waals surface area contributed by atoms with Gasteiger partial charge < -0.3 is 9.88 Å². The molecule has 0 amide bonds. The first kappa shape index (κ1) is 11.3. The van der Waals surface area contributed by atoms with E-state index >= 15 is 0 Å². The van der Waals surface area contributed by atoms with Gasteiger partial charge in [-0.15, -0.1) is 10.2 Å². The normalized spacial score (nSPS) is 12.9. The van der Waals surface area contributed by atoms with Gasteiger partial charge in [0.15, 0.2) is 0 Å². The molecular formula is C11H16N4S. The lowest BCUT2D eigenvalue weighted by Crippen LogP contribution is -2.21. The van der Waals surface area contributed by atoms with Crippen molar-refractivity contribution in [2.45, 2.75) is 19.4 Å². The highest BCUT2D eigenvalue weighted by Crippen LogP contribution is 2.15. The van der Waals surface area contributed by atoms with Crippen molar-refractivity contribution in [3.63, 3.8) is 0 Å². The molecule has 1 N–H and O–H groups in total. The maximum absolute atomic E-state index is 4.05. The molecule has 2 aromatic rings. The van der Waals surface area contributed by atoms with E-state index in [1.165, 1.54) is 5.56 Å². The van der Waals surface area contributed by atoms with Crippen LogP contribution in [0.1, 0.15) is 24.4 Å². The maximum atomic E-state index is 4.05. The second kappa shape index (κ2) is 5.23. The van der Waals surface area contributed by atoms with Gasteiger partial charge in [0.05, 0.1) is 0 Å². The maximum Gasteiger partial charge on any atom is 0.133 e. The average molecular weight is 236 g/mol. The number of nitrogens with zero attached hydrogens (tertiary/aromatic N) is 3. The first-order chi connectivity index (χ1) is 7.77. The van der Waals surface area contributed by atoms with Gasteiger partial charge in [-0.3, -0.25) is 0 Å². The van der Waals surface area contributed by atoms with Crippen LogP contribution in [0, 0.1) is 0 Å². The molecule has 0 saturated carbocycles. The minimum Gasteiger partial charge on any atom is -0.321 e. The Bertz CT molecular complexity index is 421. The Morgan fingerprint density at radius 1 is 1.56 bits per heavy atom. The molecule has 4 nitrogen and oxygen atoms in total. The van der Waals surface area contributed by atoms with E-state index in [4.69, 9.17) is 0 Å². The van der Waals surface area contributed by atoms with E-state index in [0.29, 0.717) is 6.04 Å². The summed E-state index contributed by atoms with van der Waals surface area (Å²) in [7, 11) is 1.97. The van der Waals surface area contributed by atoms with Gasteiger partial charge >= 0.3 is 0 Å². The standard InChI is InChI=1S/C11H16N4S/c1-9(10-4-6-16-7-10)12-5-3-11-14-13-8-15(11)2/h4,6-9,12H,3,5H2,1-2H3.